The number of rotatable bonds is 5. The van der Waals surface area contributed by atoms with Gasteiger partial charge in [-0.1, -0.05) is 34.4 Å². The van der Waals surface area contributed by atoms with Gasteiger partial charge in [0.2, 0.25) is 0 Å². The lowest BCUT2D eigenvalue weighted by atomic mass is 10.1. The number of ether oxygens (including phenoxy) is 1. The molecule has 0 unspecified atom stereocenters. The van der Waals surface area contributed by atoms with E-state index in [-0.39, 0.29) is 6.61 Å². The van der Waals surface area contributed by atoms with Gasteiger partial charge in [0.1, 0.15) is 12.3 Å². The van der Waals surface area contributed by atoms with E-state index in [0.717, 1.165) is 5.56 Å². The summed E-state index contributed by atoms with van der Waals surface area (Å²) < 4.78 is 10.4. The van der Waals surface area contributed by atoms with Gasteiger partial charge in [-0.2, -0.15) is 0 Å². The number of carboxylic acids is 1. The smallest absolute Gasteiger partial charge is 0.335 e. The third kappa shape index (κ3) is 3.75. The number of aliphatic carboxylic acids is 1. The molecule has 0 fully saturated rings. The van der Waals surface area contributed by atoms with Crippen molar-refractivity contribution in [2.75, 3.05) is 0 Å². The lowest BCUT2D eigenvalue weighted by Gasteiger charge is -2.18. The largest absolute Gasteiger partial charge is 0.479 e. The third-order valence-electron chi connectivity index (χ3n) is 2.86. The SMILES string of the molecule is CC(C)(OCc1cc(-c2ccc(Cl)c(Cl)c2)no1)C(=O)O. The quantitative estimate of drug-likeness (QED) is 0.896. The van der Waals surface area contributed by atoms with Gasteiger partial charge in [0.25, 0.3) is 0 Å². The highest BCUT2D eigenvalue weighted by molar-refractivity contribution is 6.42. The minimum Gasteiger partial charge on any atom is -0.479 e. The molecule has 7 heteroatoms. The van der Waals surface area contributed by atoms with Gasteiger partial charge in [0, 0.05) is 11.6 Å². The molecule has 0 radical (unpaired) electrons. The van der Waals surface area contributed by atoms with E-state index in [1.54, 1.807) is 24.3 Å². The number of hydrogen-bond donors (Lipinski definition) is 1. The normalized spacial score (nSPS) is 11.6. The van der Waals surface area contributed by atoms with Crippen LogP contribution in [0, 0.1) is 0 Å². The zero-order chi connectivity index (χ0) is 15.6. The topological polar surface area (TPSA) is 72.6 Å². The fourth-order valence-corrected chi connectivity index (χ4v) is 1.78. The van der Waals surface area contributed by atoms with Crippen LogP contribution in [-0.4, -0.2) is 21.8 Å². The average molecular weight is 330 g/mol. The maximum Gasteiger partial charge on any atom is 0.335 e. The van der Waals surface area contributed by atoms with Crippen LogP contribution in [0.15, 0.2) is 28.8 Å². The Morgan fingerprint density at radius 1 is 1.33 bits per heavy atom. The van der Waals surface area contributed by atoms with Gasteiger partial charge in [-0.25, -0.2) is 4.79 Å². The molecule has 0 aliphatic carbocycles. The Labute approximate surface area is 131 Å². The standard InChI is InChI=1S/C14H13Cl2NO4/c1-14(2,13(18)19)20-7-9-6-12(17-21-9)8-3-4-10(15)11(16)5-8/h3-6H,7H2,1-2H3,(H,18,19). The monoisotopic (exact) mass is 329 g/mol. The van der Waals surface area contributed by atoms with Gasteiger partial charge in [-0.3, -0.25) is 0 Å². The number of hydrogen-bond acceptors (Lipinski definition) is 4. The summed E-state index contributed by atoms with van der Waals surface area (Å²) in [5, 5.41) is 13.7. The van der Waals surface area contributed by atoms with Gasteiger partial charge < -0.3 is 14.4 Å². The summed E-state index contributed by atoms with van der Waals surface area (Å²) in [6, 6.07) is 6.76. The number of carboxylic acid groups (broad SMARTS) is 1. The molecule has 2 rings (SSSR count). The number of nitrogens with zero attached hydrogens (tertiary/aromatic N) is 1. The Bertz CT molecular complexity index is 667. The molecule has 2 aromatic rings. The second-order valence-corrected chi connectivity index (χ2v) is 5.73. The lowest BCUT2D eigenvalue weighted by molar-refractivity contribution is -0.163. The van der Waals surface area contributed by atoms with Crippen LogP contribution in [0.25, 0.3) is 11.3 Å². The summed E-state index contributed by atoms with van der Waals surface area (Å²) in [6.45, 7) is 2.94. The first-order chi connectivity index (χ1) is 9.79. The second-order valence-electron chi connectivity index (χ2n) is 4.91. The molecular weight excluding hydrogens is 317 g/mol. The number of aromatic nitrogens is 1. The van der Waals surface area contributed by atoms with Crippen molar-refractivity contribution in [3.63, 3.8) is 0 Å². The highest BCUT2D eigenvalue weighted by atomic mass is 35.5. The van der Waals surface area contributed by atoms with Crippen LogP contribution in [-0.2, 0) is 16.1 Å². The third-order valence-corrected chi connectivity index (χ3v) is 3.60. The Balaban J connectivity index is 2.11. The van der Waals surface area contributed by atoms with Crippen molar-refractivity contribution in [1.29, 1.82) is 0 Å². The van der Waals surface area contributed by atoms with Crippen molar-refractivity contribution in [2.45, 2.75) is 26.1 Å². The minimum absolute atomic E-state index is 0.00756. The highest BCUT2D eigenvalue weighted by Crippen LogP contribution is 2.28. The highest BCUT2D eigenvalue weighted by Gasteiger charge is 2.28. The predicted octanol–water partition coefficient (Wildman–Crippen LogP) is 4.03. The van der Waals surface area contributed by atoms with E-state index in [1.807, 2.05) is 0 Å². The molecule has 21 heavy (non-hydrogen) atoms. The molecule has 0 amide bonds. The number of halogens is 2. The fraction of sp³-hybridized carbons (Fsp3) is 0.286. The van der Waals surface area contributed by atoms with Crippen molar-refractivity contribution in [1.82, 2.24) is 5.16 Å². The fourth-order valence-electron chi connectivity index (χ4n) is 1.49. The number of benzene rings is 1. The molecule has 0 saturated carbocycles. The Morgan fingerprint density at radius 2 is 2.05 bits per heavy atom. The van der Waals surface area contributed by atoms with Gasteiger partial charge in [-0.15, -0.1) is 0 Å². The van der Waals surface area contributed by atoms with Crippen molar-refractivity contribution in [3.8, 4) is 11.3 Å². The first-order valence-corrected chi connectivity index (χ1v) is 6.83. The van der Waals surface area contributed by atoms with E-state index in [2.05, 4.69) is 5.16 Å². The molecule has 0 aliphatic heterocycles. The summed E-state index contributed by atoms with van der Waals surface area (Å²) in [6.07, 6.45) is 0. The lowest BCUT2D eigenvalue weighted by Crippen LogP contribution is -2.34. The summed E-state index contributed by atoms with van der Waals surface area (Å²) in [5.74, 6) is -0.628. The van der Waals surface area contributed by atoms with E-state index in [4.69, 9.17) is 37.6 Å². The van der Waals surface area contributed by atoms with Crippen molar-refractivity contribution >= 4 is 29.2 Å². The van der Waals surface area contributed by atoms with Crippen LogP contribution in [0.2, 0.25) is 10.0 Å². The number of carbonyl (C=O) groups is 1. The van der Waals surface area contributed by atoms with Crippen molar-refractivity contribution in [2.24, 2.45) is 0 Å². The van der Waals surface area contributed by atoms with E-state index in [9.17, 15) is 4.79 Å². The van der Waals surface area contributed by atoms with Gasteiger partial charge in [-0.05, 0) is 26.0 Å². The van der Waals surface area contributed by atoms with Crippen LogP contribution in [0.5, 0.6) is 0 Å². The molecular formula is C14H13Cl2NO4. The summed E-state index contributed by atoms with van der Waals surface area (Å²) in [7, 11) is 0. The van der Waals surface area contributed by atoms with Crippen LogP contribution in [0.4, 0.5) is 0 Å². The summed E-state index contributed by atoms with van der Waals surface area (Å²) >= 11 is 11.8. The molecule has 0 spiro atoms. The maximum atomic E-state index is 10.9. The first kappa shape index (κ1) is 15.8. The van der Waals surface area contributed by atoms with Gasteiger partial charge >= 0.3 is 5.97 Å². The minimum atomic E-state index is -1.30. The predicted molar refractivity (Wildman–Crippen MR) is 78.5 cm³/mol. The van der Waals surface area contributed by atoms with Gasteiger partial charge in [0.05, 0.1) is 10.0 Å². The zero-order valence-electron chi connectivity index (χ0n) is 11.4. The van der Waals surface area contributed by atoms with E-state index in [1.165, 1.54) is 13.8 Å². The maximum absolute atomic E-state index is 10.9. The van der Waals surface area contributed by atoms with E-state index < -0.39 is 11.6 Å². The molecule has 0 bridgehead atoms. The van der Waals surface area contributed by atoms with Crippen LogP contribution in [0.3, 0.4) is 0 Å². The molecule has 1 aromatic heterocycles. The average Bonchev–Trinajstić information content (AvgIpc) is 2.88. The second kappa shape index (κ2) is 6.05. The van der Waals surface area contributed by atoms with E-state index >= 15 is 0 Å². The van der Waals surface area contributed by atoms with Gasteiger partial charge in [0.15, 0.2) is 11.4 Å². The molecule has 1 aromatic carbocycles. The first-order valence-electron chi connectivity index (χ1n) is 6.08. The van der Waals surface area contributed by atoms with Crippen molar-refractivity contribution < 1.29 is 19.2 Å². The Hall–Kier alpha value is -1.56. The van der Waals surface area contributed by atoms with E-state index in [0.29, 0.717) is 21.5 Å². The summed E-state index contributed by atoms with van der Waals surface area (Å²) in [5.41, 5.74) is 0.0217. The van der Waals surface area contributed by atoms with Crippen molar-refractivity contribution in [3.05, 3.63) is 40.1 Å². The van der Waals surface area contributed by atoms with Crippen LogP contribution >= 0.6 is 23.2 Å². The molecule has 0 aliphatic rings. The van der Waals surface area contributed by atoms with Crippen LogP contribution < -0.4 is 0 Å². The Morgan fingerprint density at radius 3 is 2.67 bits per heavy atom. The molecule has 112 valence electrons. The molecule has 1 heterocycles. The molecule has 0 saturated heterocycles. The molecule has 5 nitrogen and oxygen atoms in total. The Kier molecular flexibility index (Phi) is 4.56. The molecule has 0 atom stereocenters. The molecule has 1 N–H and O–H groups in total. The van der Waals surface area contributed by atoms with Crippen LogP contribution in [0.1, 0.15) is 19.6 Å². The zero-order valence-corrected chi connectivity index (χ0v) is 12.9. The summed E-state index contributed by atoms with van der Waals surface area (Å²) in [4.78, 5) is 10.9.